The number of halogens is 2. The fraction of sp³-hybridized carbons (Fsp3) is 0.387. The van der Waals surface area contributed by atoms with Crippen LogP contribution in [-0.2, 0) is 30.9 Å². The highest BCUT2D eigenvalue weighted by Crippen LogP contribution is 2.41. The van der Waals surface area contributed by atoms with E-state index >= 15 is 0 Å². The lowest BCUT2D eigenvalue weighted by Crippen LogP contribution is -2.42. The summed E-state index contributed by atoms with van der Waals surface area (Å²) in [6.45, 7) is 4.56. The van der Waals surface area contributed by atoms with E-state index in [1.807, 2.05) is 50.2 Å². The van der Waals surface area contributed by atoms with Crippen LogP contribution in [0.25, 0.3) is 0 Å². The Kier molecular flexibility index (Phi) is 10.3. The predicted molar refractivity (Wildman–Crippen MR) is 159 cm³/mol. The predicted octanol–water partition coefficient (Wildman–Crippen LogP) is 6.77. The van der Waals surface area contributed by atoms with Gasteiger partial charge in [-0.15, -0.1) is 0 Å². The molecular weight excluding hydrogens is 569 g/mol. The van der Waals surface area contributed by atoms with Crippen molar-refractivity contribution in [2.75, 3.05) is 13.2 Å². The first-order valence-electron chi connectivity index (χ1n) is 13.5. The van der Waals surface area contributed by atoms with E-state index in [4.69, 9.17) is 32.1 Å². The molecule has 0 amide bonds. The Hall–Kier alpha value is -2.42. The molecule has 40 heavy (non-hydrogen) atoms. The molecule has 3 aromatic carbocycles. The van der Waals surface area contributed by atoms with Crippen LogP contribution >= 0.6 is 23.2 Å². The summed E-state index contributed by atoms with van der Waals surface area (Å²) in [5.74, 6) is 0.793. The smallest absolute Gasteiger partial charge is 0.296 e. The van der Waals surface area contributed by atoms with Crippen LogP contribution in [0.15, 0.2) is 77.7 Å². The number of rotatable bonds is 11. The van der Waals surface area contributed by atoms with Gasteiger partial charge >= 0.3 is 0 Å². The summed E-state index contributed by atoms with van der Waals surface area (Å²) in [6.07, 6.45) is 2.68. The number of Topliss-reactive ketones (excluding diaryl/α,β-unsaturated/α-hetero) is 1. The van der Waals surface area contributed by atoms with Gasteiger partial charge in [0.25, 0.3) is 10.1 Å². The van der Waals surface area contributed by atoms with Gasteiger partial charge < -0.3 is 10.1 Å². The fourth-order valence-corrected chi connectivity index (χ4v) is 6.51. The number of carbonyl (C=O) groups is 1. The highest BCUT2D eigenvalue weighted by Gasteiger charge is 2.39. The lowest BCUT2D eigenvalue weighted by Gasteiger charge is -2.35. The van der Waals surface area contributed by atoms with Crippen LogP contribution < -0.4 is 10.1 Å². The van der Waals surface area contributed by atoms with E-state index in [0.29, 0.717) is 29.4 Å². The first-order valence-corrected chi connectivity index (χ1v) is 15.7. The van der Waals surface area contributed by atoms with E-state index in [1.165, 1.54) is 12.1 Å². The Balaban J connectivity index is 1.57. The monoisotopic (exact) mass is 603 g/mol. The zero-order valence-electron chi connectivity index (χ0n) is 22.7. The van der Waals surface area contributed by atoms with Gasteiger partial charge in [0.1, 0.15) is 5.75 Å². The van der Waals surface area contributed by atoms with E-state index in [9.17, 15) is 13.2 Å². The van der Waals surface area contributed by atoms with Crippen LogP contribution in [0, 0.1) is 0 Å². The van der Waals surface area contributed by atoms with Gasteiger partial charge in [0.2, 0.25) is 0 Å². The minimum Gasteiger partial charge on any atom is -0.491 e. The number of benzene rings is 3. The average molecular weight is 605 g/mol. The van der Waals surface area contributed by atoms with Gasteiger partial charge in [-0.25, -0.2) is 0 Å². The summed E-state index contributed by atoms with van der Waals surface area (Å²) in [7, 11) is -3.92. The fourth-order valence-electron chi connectivity index (χ4n) is 5.28. The van der Waals surface area contributed by atoms with Crippen LogP contribution in [0.3, 0.4) is 0 Å². The topological polar surface area (TPSA) is 81.7 Å². The van der Waals surface area contributed by atoms with Crippen LogP contribution in [0.2, 0.25) is 10.0 Å². The maximum absolute atomic E-state index is 13.6. The number of ketones is 1. The molecule has 2 atom stereocenters. The highest BCUT2D eigenvalue weighted by molar-refractivity contribution is 7.86. The maximum Gasteiger partial charge on any atom is 0.296 e. The number of hydrogen-bond acceptors (Lipinski definition) is 6. The standard InChI is InChI=1S/C31H35Cl2NO5S/c1-22(2)39-25-9-6-8-23(18-25)19-30(35)29-21-31(14-7-16-34-29,24-12-13-27(32)28(33)20-24)15-17-38-40(36,37)26-10-4-3-5-11-26/h3-6,8-13,18,20,22,29,34H,7,14-17,19,21H2,1-2H3. The van der Waals surface area contributed by atoms with Crippen molar-refractivity contribution in [1.82, 2.24) is 5.32 Å². The quantitative estimate of drug-likeness (QED) is 0.244. The van der Waals surface area contributed by atoms with Crippen molar-refractivity contribution in [1.29, 1.82) is 0 Å². The molecule has 0 spiro atoms. The summed E-state index contributed by atoms with van der Waals surface area (Å²) >= 11 is 12.7. The van der Waals surface area contributed by atoms with E-state index in [0.717, 1.165) is 29.7 Å². The minimum absolute atomic E-state index is 0.0348. The number of nitrogens with one attached hydrogen (secondary N) is 1. The van der Waals surface area contributed by atoms with Gasteiger partial charge in [0, 0.05) is 6.42 Å². The zero-order chi connectivity index (χ0) is 28.8. The second-order valence-electron chi connectivity index (χ2n) is 10.5. The molecule has 1 aliphatic heterocycles. The molecule has 0 aliphatic carbocycles. The molecule has 1 aliphatic rings. The Labute approximate surface area is 247 Å². The molecule has 1 saturated heterocycles. The van der Waals surface area contributed by atoms with Crippen LogP contribution in [0.5, 0.6) is 5.75 Å². The van der Waals surface area contributed by atoms with Crippen molar-refractivity contribution in [3.63, 3.8) is 0 Å². The number of ether oxygens (including phenoxy) is 1. The molecule has 0 saturated carbocycles. The lowest BCUT2D eigenvalue weighted by molar-refractivity contribution is -0.120. The van der Waals surface area contributed by atoms with Gasteiger partial charge in [-0.05, 0) is 99.0 Å². The third-order valence-corrected chi connectivity index (χ3v) is 9.30. The second kappa shape index (κ2) is 13.5. The summed E-state index contributed by atoms with van der Waals surface area (Å²) in [5, 5.41) is 4.28. The summed E-state index contributed by atoms with van der Waals surface area (Å²) < 4.78 is 36.9. The molecule has 1 N–H and O–H groups in total. The van der Waals surface area contributed by atoms with E-state index in [2.05, 4.69) is 5.32 Å². The Morgan fingerprint density at radius 2 is 1.80 bits per heavy atom. The molecule has 6 nitrogen and oxygen atoms in total. The number of hydrogen-bond donors (Lipinski definition) is 1. The summed E-state index contributed by atoms with van der Waals surface area (Å²) in [5.41, 5.74) is 1.25. The van der Waals surface area contributed by atoms with Crippen LogP contribution in [0.4, 0.5) is 0 Å². The molecular formula is C31H35Cl2NO5S. The Bertz CT molecular complexity index is 1410. The number of carbonyl (C=O) groups excluding carboxylic acids is 1. The molecule has 0 bridgehead atoms. The zero-order valence-corrected chi connectivity index (χ0v) is 25.1. The largest absolute Gasteiger partial charge is 0.491 e. The van der Waals surface area contributed by atoms with Gasteiger partial charge in [-0.3, -0.25) is 8.98 Å². The summed E-state index contributed by atoms with van der Waals surface area (Å²) in [6, 6.07) is 20.8. The van der Waals surface area contributed by atoms with Gasteiger partial charge in [-0.1, -0.05) is 59.6 Å². The van der Waals surface area contributed by atoms with Crippen molar-refractivity contribution in [3.05, 3.63) is 94.0 Å². The van der Waals surface area contributed by atoms with Gasteiger partial charge in [0.05, 0.1) is 33.7 Å². The molecule has 1 fully saturated rings. The SMILES string of the molecule is CC(C)Oc1cccc(CC(=O)C2CC(CCOS(=O)(=O)c3ccccc3)(c3ccc(Cl)c(Cl)c3)CCCN2)c1. The van der Waals surface area contributed by atoms with Crippen LogP contribution in [-0.4, -0.2) is 39.5 Å². The van der Waals surface area contributed by atoms with Crippen molar-refractivity contribution in [2.24, 2.45) is 0 Å². The first kappa shape index (κ1) is 30.5. The van der Waals surface area contributed by atoms with Crippen LogP contribution in [0.1, 0.15) is 50.7 Å². The molecule has 0 aromatic heterocycles. The maximum atomic E-state index is 13.6. The molecule has 9 heteroatoms. The van der Waals surface area contributed by atoms with Gasteiger partial charge in [-0.2, -0.15) is 8.42 Å². The van der Waals surface area contributed by atoms with Gasteiger partial charge in [0.15, 0.2) is 5.78 Å². The van der Waals surface area contributed by atoms with E-state index < -0.39 is 21.6 Å². The molecule has 214 valence electrons. The third kappa shape index (κ3) is 7.86. The molecule has 2 unspecified atom stereocenters. The molecule has 0 radical (unpaired) electrons. The van der Waals surface area contributed by atoms with Crippen molar-refractivity contribution >= 4 is 39.1 Å². The minimum atomic E-state index is -3.92. The molecule has 4 rings (SSSR count). The summed E-state index contributed by atoms with van der Waals surface area (Å²) in [4.78, 5) is 13.7. The lowest BCUT2D eigenvalue weighted by atomic mass is 9.70. The average Bonchev–Trinajstić information content (AvgIpc) is 3.14. The third-order valence-electron chi connectivity index (χ3n) is 7.24. The molecule has 3 aromatic rings. The van der Waals surface area contributed by atoms with Crippen molar-refractivity contribution in [2.45, 2.75) is 68.4 Å². The second-order valence-corrected chi connectivity index (χ2v) is 12.9. The van der Waals surface area contributed by atoms with E-state index in [-0.39, 0.29) is 29.8 Å². The Morgan fingerprint density at radius 3 is 2.52 bits per heavy atom. The Morgan fingerprint density at radius 1 is 1.02 bits per heavy atom. The van der Waals surface area contributed by atoms with Crippen molar-refractivity contribution < 1.29 is 22.1 Å². The normalized spacial score (nSPS) is 19.8. The first-order chi connectivity index (χ1) is 19.1. The molecule has 1 heterocycles. The van der Waals surface area contributed by atoms with Crippen molar-refractivity contribution in [3.8, 4) is 5.75 Å². The highest BCUT2D eigenvalue weighted by atomic mass is 35.5. The van der Waals surface area contributed by atoms with E-state index in [1.54, 1.807) is 24.3 Å².